The summed E-state index contributed by atoms with van der Waals surface area (Å²) in [7, 11) is 0. The van der Waals surface area contributed by atoms with Crippen molar-refractivity contribution in [2.24, 2.45) is 0 Å². The first-order valence-electron chi connectivity index (χ1n) is 10.7. The molecule has 10 heteroatoms. The highest BCUT2D eigenvalue weighted by molar-refractivity contribution is 6.31. The van der Waals surface area contributed by atoms with Gasteiger partial charge in [-0.2, -0.15) is 0 Å². The van der Waals surface area contributed by atoms with Gasteiger partial charge < -0.3 is 19.9 Å². The number of ether oxygens (including phenoxy) is 1. The zero-order valence-electron chi connectivity index (χ0n) is 18.8. The van der Waals surface area contributed by atoms with Gasteiger partial charge in [0.2, 0.25) is 0 Å². The number of amides is 2. The minimum atomic E-state index is -0.615. The van der Waals surface area contributed by atoms with E-state index in [4.69, 9.17) is 16.3 Å². The Hall–Kier alpha value is -3.33. The Labute approximate surface area is 195 Å². The number of carbonyl (C=O) groups excluding carboxylic acids is 2. The number of aromatic nitrogens is 3. The first-order chi connectivity index (χ1) is 15.6. The average Bonchev–Trinajstić information content (AvgIpc) is 3.01. The number of nitrogens with one attached hydrogen (secondary N) is 2. The first-order valence-corrected chi connectivity index (χ1v) is 11.1. The maximum atomic E-state index is 12.7. The Morgan fingerprint density at radius 3 is 2.76 bits per heavy atom. The van der Waals surface area contributed by atoms with Crippen molar-refractivity contribution < 1.29 is 14.3 Å². The average molecular weight is 472 g/mol. The van der Waals surface area contributed by atoms with Gasteiger partial charge in [0, 0.05) is 35.1 Å². The van der Waals surface area contributed by atoms with Crippen molar-refractivity contribution in [3.05, 3.63) is 62.9 Å². The topological polar surface area (TPSA) is 109 Å². The number of aromatic amines is 1. The molecule has 0 saturated carbocycles. The van der Waals surface area contributed by atoms with Crippen LogP contribution in [0.4, 0.5) is 4.79 Å². The highest BCUT2D eigenvalue weighted by Crippen LogP contribution is 2.20. The van der Waals surface area contributed by atoms with Gasteiger partial charge in [-0.25, -0.2) is 9.78 Å². The number of nitrogens with zero attached hydrogens (tertiary/aromatic N) is 3. The minimum absolute atomic E-state index is 0.0739. The van der Waals surface area contributed by atoms with Crippen molar-refractivity contribution in [2.75, 3.05) is 6.54 Å². The molecule has 0 spiro atoms. The molecule has 0 aliphatic carbocycles. The molecule has 1 aliphatic rings. The molecule has 1 aromatic carbocycles. The van der Waals surface area contributed by atoms with Crippen LogP contribution < -0.4 is 10.9 Å². The molecule has 2 aromatic heterocycles. The molecule has 0 saturated heterocycles. The van der Waals surface area contributed by atoms with Crippen molar-refractivity contribution in [1.29, 1.82) is 0 Å². The van der Waals surface area contributed by atoms with Crippen LogP contribution in [0, 0.1) is 0 Å². The molecule has 0 bridgehead atoms. The fourth-order valence-corrected chi connectivity index (χ4v) is 3.88. The smallest absolute Gasteiger partial charge is 0.410 e. The summed E-state index contributed by atoms with van der Waals surface area (Å²) < 4.78 is 7.04. The van der Waals surface area contributed by atoms with Gasteiger partial charge in [0.1, 0.15) is 17.1 Å². The summed E-state index contributed by atoms with van der Waals surface area (Å²) in [5, 5.41) is 4.20. The van der Waals surface area contributed by atoms with Crippen LogP contribution in [0.25, 0.3) is 10.9 Å². The lowest BCUT2D eigenvalue weighted by Crippen LogP contribution is -2.37. The number of rotatable bonds is 3. The Balaban J connectivity index is 1.49. The second-order valence-electron chi connectivity index (χ2n) is 9.01. The summed E-state index contributed by atoms with van der Waals surface area (Å²) >= 11 is 6.01. The number of hydrogen-bond acceptors (Lipinski definition) is 5. The van der Waals surface area contributed by atoms with E-state index in [0.29, 0.717) is 41.7 Å². The first kappa shape index (κ1) is 22.8. The van der Waals surface area contributed by atoms with Crippen LogP contribution in [-0.2, 0) is 24.4 Å². The molecule has 0 atom stereocenters. The van der Waals surface area contributed by atoms with Gasteiger partial charge in [-0.05, 0) is 51.5 Å². The summed E-state index contributed by atoms with van der Waals surface area (Å²) in [4.78, 5) is 47.0. The Bertz CT molecular complexity index is 1270. The van der Waals surface area contributed by atoms with Crippen molar-refractivity contribution >= 4 is 34.5 Å². The molecule has 4 rings (SSSR count). The number of fused-ring (bicyclic) bond motifs is 2. The van der Waals surface area contributed by atoms with Crippen LogP contribution in [0.5, 0.6) is 0 Å². The third-order valence-corrected chi connectivity index (χ3v) is 5.43. The van der Waals surface area contributed by atoms with E-state index in [1.165, 1.54) is 6.07 Å². The fourth-order valence-electron chi connectivity index (χ4n) is 3.70. The monoisotopic (exact) mass is 471 g/mol. The second kappa shape index (κ2) is 8.90. The van der Waals surface area contributed by atoms with Crippen molar-refractivity contribution in [3.8, 4) is 0 Å². The fraction of sp³-hybridized carbons (Fsp3) is 0.391. The second-order valence-corrected chi connectivity index (χ2v) is 9.44. The van der Waals surface area contributed by atoms with Gasteiger partial charge in [0.25, 0.3) is 11.5 Å². The zero-order chi connectivity index (χ0) is 23.8. The van der Waals surface area contributed by atoms with Crippen LogP contribution >= 0.6 is 11.6 Å². The van der Waals surface area contributed by atoms with Gasteiger partial charge in [0.15, 0.2) is 0 Å². The van der Waals surface area contributed by atoms with Crippen LogP contribution in [0.2, 0.25) is 5.02 Å². The van der Waals surface area contributed by atoms with E-state index in [2.05, 4.69) is 15.3 Å². The van der Waals surface area contributed by atoms with E-state index < -0.39 is 11.7 Å². The molecule has 1 aliphatic heterocycles. The maximum Gasteiger partial charge on any atom is 0.410 e. The Kier molecular flexibility index (Phi) is 6.16. The predicted octanol–water partition coefficient (Wildman–Crippen LogP) is 3.45. The lowest BCUT2D eigenvalue weighted by Gasteiger charge is -2.26. The molecule has 3 aromatic rings. The molecule has 0 radical (unpaired) electrons. The quantitative estimate of drug-likeness (QED) is 0.608. The molecule has 0 unspecified atom stereocenters. The van der Waals surface area contributed by atoms with E-state index in [1.807, 2.05) is 20.8 Å². The number of carbonyl (C=O) groups is 2. The summed E-state index contributed by atoms with van der Waals surface area (Å²) in [6.45, 7) is 6.59. The summed E-state index contributed by atoms with van der Waals surface area (Å²) in [5.74, 6) is 0.143. The van der Waals surface area contributed by atoms with Gasteiger partial charge >= 0.3 is 6.09 Å². The summed E-state index contributed by atoms with van der Waals surface area (Å²) in [5.41, 5.74) is 0.777. The molecule has 2 amide bonds. The molecule has 174 valence electrons. The van der Waals surface area contributed by atoms with Crippen LogP contribution in [0.1, 0.15) is 49.2 Å². The van der Waals surface area contributed by atoms with E-state index in [9.17, 15) is 14.4 Å². The number of H-pyrrole nitrogens is 1. The van der Waals surface area contributed by atoms with E-state index >= 15 is 0 Å². The van der Waals surface area contributed by atoms with Crippen molar-refractivity contribution in [2.45, 2.75) is 52.4 Å². The summed E-state index contributed by atoms with van der Waals surface area (Å²) in [6, 6.07) is 8.46. The molecule has 2 N–H and O–H groups in total. The van der Waals surface area contributed by atoms with Crippen LogP contribution in [0.3, 0.4) is 0 Å². The Morgan fingerprint density at radius 2 is 2.00 bits per heavy atom. The van der Waals surface area contributed by atoms with Crippen LogP contribution in [-0.4, -0.2) is 43.6 Å². The van der Waals surface area contributed by atoms with Crippen molar-refractivity contribution in [1.82, 2.24) is 24.8 Å². The van der Waals surface area contributed by atoms with Gasteiger partial charge in [-0.15, -0.1) is 0 Å². The third kappa shape index (κ3) is 5.36. The van der Waals surface area contributed by atoms with Gasteiger partial charge in [-0.1, -0.05) is 11.6 Å². The predicted molar refractivity (Wildman–Crippen MR) is 124 cm³/mol. The van der Waals surface area contributed by atoms with Crippen LogP contribution in [0.15, 0.2) is 35.1 Å². The molecule has 9 nitrogen and oxygen atoms in total. The molecular weight excluding hydrogens is 446 g/mol. The minimum Gasteiger partial charge on any atom is -0.444 e. The lowest BCUT2D eigenvalue weighted by molar-refractivity contribution is 0.0234. The summed E-state index contributed by atoms with van der Waals surface area (Å²) in [6.07, 6.45) is 0.178. The Morgan fingerprint density at radius 1 is 1.21 bits per heavy atom. The molecule has 33 heavy (non-hydrogen) atoms. The van der Waals surface area contributed by atoms with E-state index in [0.717, 1.165) is 10.9 Å². The number of halogens is 1. The zero-order valence-corrected chi connectivity index (χ0v) is 19.5. The molecule has 0 fully saturated rings. The standard InChI is InChI=1S/C23H26ClN5O4/c1-23(2,3)33-22(32)28-7-4-8-29-19(13-28)26-16(11-20(29)30)12-25-21(31)18-10-14-9-15(24)5-6-17(14)27-18/h5-6,9-11,27H,4,7-8,12-13H2,1-3H3,(H,25,31). The maximum absolute atomic E-state index is 12.7. The largest absolute Gasteiger partial charge is 0.444 e. The highest BCUT2D eigenvalue weighted by atomic mass is 35.5. The van der Waals surface area contributed by atoms with E-state index in [1.54, 1.807) is 33.7 Å². The van der Waals surface area contributed by atoms with Gasteiger partial charge in [-0.3, -0.25) is 14.2 Å². The number of benzene rings is 1. The van der Waals surface area contributed by atoms with Gasteiger partial charge in [0.05, 0.1) is 18.8 Å². The third-order valence-electron chi connectivity index (χ3n) is 5.19. The normalized spacial score (nSPS) is 14.0. The number of hydrogen-bond donors (Lipinski definition) is 2. The highest BCUT2D eigenvalue weighted by Gasteiger charge is 2.26. The lowest BCUT2D eigenvalue weighted by atomic mass is 10.2. The molecular formula is C23H26ClN5O4. The SMILES string of the molecule is CC(C)(C)OC(=O)N1CCCn2c(nc(CNC(=O)c3cc4cc(Cl)ccc4[nH]3)cc2=O)C1. The van der Waals surface area contributed by atoms with E-state index in [-0.39, 0.29) is 24.6 Å². The molecule has 3 heterocycles. The van der Waals surface area contributed by atoms with Crippen molar-refractivity contribution in [3.63, 3.8) is 0 Å².